The van der Waals surface area contributed by atoms with E-state index in [-0.39, 0.29) is 17.9 Å². The molecule has 0 aliphatic carbocycles. The molecule has 2 unspecified atom stereocenters. The minimum atomic E-state index is -0.620. The molecule has 0 aromatic heterocycles. The van der Waals surface area contributed by atoms with Gasteiger partial charge >= 0.3 is 6.09 Å². The number of benzene rings is 3. The molecule has 6 heteroatoms. The Labute approximate surface area is 232 Å². The SMILES string of the molecule is CC(C)(C)OC(=O)N1CCC(c2ccccc2)C1C(=O)N1CCN(C(c2ccccc2)c2ccccc2)CC1. The van der Waals surface area contributed by atoms with Gasteiger partial charge in [-0.25, -0.2) is 4.79 Å². The van der Waals surface area contributed by atoms with Crippen molar-refractivity contribution in [1.82, 2.24) is 14.7 Å². The molecular weight excluding hydrogens is 486 g/mol. The molecule has 2 heterocycles. The maximum atomic E-state index is 14.1. The van der Waals surface area contributed by atoms with E-state index in [4.69, 9.17) is 4.74 Å². The summed E-state index contributed by atoms with van der Waals surface area (Å²) in [5.41, 5.74) is 2.97. The molecule has 2 fully saturated rings. The molecule has 3 aromatic rings. The number of ether oxygens (including phenoxy) is 1. The summed E-state index contributed by atoms with van der Waals surface area (Å²) in [4.78, 5) is 33.4. The van der Waals surface area contributed by atoms with Gasteiger partial charge in [-0.15, -0.1) is 0 Å². The van der Waals surface area contributed by atoms with Gasteiger partial charge in [0.25, 0.3) is 0 Å². The fourth-order valence-electron chi connectivity index (χ4n) is 5.94. The van der Waals surface area contributed by atoms with E-state index in [1.54, 1.807) is 4.90 Å². The second-order valence-electron chi connectivity index (χ2n) is 11.5. The lowest BCUT2D eigenvalue weighted by molar-refractivity contribution is -0.138. The topological polar surface area (TPSA) is 53.1 Å². The zero-order valence-corrected chi connectivity index (χ0v) is 23.2. The van der Waals surface area contributed by atoms with Crippen LogP contribution in [0, 0.1) is 0 Å². The van der Waals surface area contributed by atoms with Crippen molar-refractivity contribution in [3.63, 3.8) is 0 Å². The summed E-state index contributed by atoms with van der Waals surface area (Å²) in [5.74, 6) is -0.0338. The van der Waals surface area contributed by atoms with E-state index < -0.39 is 17.7 Å². The van der Waals surface area contributed by atoms with Crippen LogP contribution >= 0.6 is 0 Å². The monoisotopic (exact) mass is 525 g/mol. The third kappa shape index (κ3) is 6.17. The van der Waals surface area contributed by atoms with Gasteiger partial charge in [0.05, 0.1) is 6.04 Å². The smallest absolute Gasteiger partial charge is 0.410 e. The quantitative estimate of drug-likeness (QED) is 0.428. The van der Waals surface area contributed by atoms with Crippen LogP contribution in [0.15, 0.2) is 91.0 Å². The predicted octanol–water partition coefficient (Wildman–Crippen LogP) is 5.71. The Bertz CT molecular complexity index is 1200. The lowest BCUT2D eigenvalue weighted by Gasteiger charge is -2.41. The van der Waals surface area contributed by atoms with Gasteiger partial charge in [-0.05, 0) is 43.9 Å². The van der Waals surface area contributed by atoms with Crippen LogP contribution in [0.2, 0.25) is 0 Å². The molecule has 2 saturated heterocycles. The molecule has 0 bridgehead atoms. The van der Waals surface area contributed by atoms with Crippen molar-refractivity contribution < 1.29 is 14.3 Å². The molecule has 2 aliphatic heterocycles. The minimum absolute atomic E-state index is 0.0165. The van der Waals surface area contributed by atoms with Crippen molar-refractivity contribution in [1.29, 1.82) is 0 Å². The van der Waals surface area contributed by atoms with Gasteiger partial charge in [0.2, 0.25) is 5.91 Å². The largest absolute Gasteiger partial charge is 0.444 e. The first-order chi connectivity index (χ1) is 18.8. The van der Waals surface area contributed by atoms with Crippen LogP contribution in [0.1, 0.15) is 55.8 Å². The second-order valence-corrected chi connectivity index (χ2v) is 11.5. The van der Waals surface area contributed by atoms with Crippen LogP contribution in [-0.2, 0) is 9.53 Å². The fraction of sp³-hybridized carbons (Fsp3) is 0.394. The Kier molecular flexibility index (Phi) is 8.03. The van der Waals surface area contributed by atoms with Crippen molar-refractivity contribution in [3.05, 3.63) is 108 Å². The third-order valence-corrected chi connectivity index (χ3v) is 7.73. The number of carbonyl (C=O) groups is 2. The molecule has 5 rings (SSSR count). The maximum Gasteiger partial charge on any atom is 0.410 e. The number of rotatable bonds is 5. The zero-order chi connectivity index (χ0) is 27.4. The van der Waals surface area contributed by atoms with Crippen molar-refractivity contribution in [3.8, 4) is 0 Å². The summed E-state index contributed by atoms with van der Waals surface area (Å²) in [6.07, 6.45) is 0.329. The summed E-state index contributed by atoms with van der Waals surface area (Å²) in [6, 6.07) is 30.8. The highest BCUT2D eigenvalue weighted by molar-refractivity contribution is 5.87. The van der Waals surface area contributed by atoms with Crippen molar-refractivity contribution in [2.75, 3.05) is 32.7 Å². The van der Waals surface area contributed by atoms with Crippen LogP contribution in [0.25, 0.3) is 0 Å². The van der Waals surface area contributed by atoms with Crippen LogP contribution < -0.4 is 0 Å². The van der Waals surface area contributed by atoms with E-state index in [1.807, 2.05) is 56.0 Å². The highest BCUT2D eigenvalue weighted by Gasteiger charge is 2.46. The summed E-state index contributed by atoms with van der Waals surface area (Å²) >= 11 is 0. The van der Waals surface area contributed by atoms with Gasteiger partial charge in [0.15, 0.2) is 0 Å². The average Bonchev–Trinajstić information content (AvgIpc) is 3.40. The molecule has 0 saturated carbocycles. The predicted molar refractivity (Wildman–Crippen MR) is 153 cm³/mol. The fourth-order valence-corrected chi connectivity index (χ4v) is 5.94. The number of hydrogen-bond donors (Lipinski definition) is 0. The molecular formula is C33H39N3O3. The van der Waals surface area contributed by atoms with E-state index in [9.17, 15) is 9.59 Å². The maximum absolute atomic E-state index is 14.1. The second kappa shape index (κ2) is 11.6. The van der Waals surface area contributed by atoms with Gasteiger partial charge in [-0.3, -0.25) is 14.6 Å². The zero-order valence-electron chi connectivity index (χ0n) is 23.2. The van der Waals surface area contributed by atoms with Crippen LogP contribution in [0.4, 0.5) is 4.79 Å². The molecule has 2 atom stereocenters. The molecule has 0 spiro atoms. The van der Waals surface area contributed by atoms with Gasteiger partial charge in [0, 0.05) is 38.6 Å². The van der Waals surface area contributed by atoms with Gasteiger partial charge < -0.3 is 9.64 Å². The van der Waals surface area contributed by atoms with Crippen molar-refractivity contribution in [2.24, 2.45) is 0 Å². The Morgan fingerprint density at radius 1 is 0.744 bits per heavy atom. The van der Waals surface area contributed by atoms with Crippen LogP contribution in [-0.4, -0.2) is 71.1 Å². The number of carbonyl (C=O) groups excluding carboxylic acids is 2. The van der Waals surface area contributed by atoms with E-state index >= 15 is 0 Å². The number of nitrogens with zero attached hydrogens (tertiary/aromatic N) is 3. The van der Waals surface area contributed by atoms with E-state index in [1.165, 1.54) is 11.1 Å². The first kappa shape index (κ1) is 26.9. The summed E-state index contributed by atoms with van der Waals surface area (Å²) in [7, 11) is 0. The van der Waals surface area contributed by atoms with Crippen molar-refractivity contribution in [2.45, 2.75) is 50.8 Å². The summed E-state index contributed by atoms with van der Waals surface area (Å²) in [5, 5.41) is 0. The Morgan fingerprint density at radius 3 is 1.77 bits per heavy atom. The summed E-state index contributed by atoms with van der Waals surface area (Å²) < 4.78 is 5.73. The van der Waals surface area contributed by atoms with Crippen LogP contribution in [0.5, 0.6) is 0 Å². The lowest BCUT2D eigenvalue weighted by Crippen LogP contribution is -2.56. The number of amides is 2. The minimum Gasteiger partial charge on any atom is -0.444 e. The molecule has 204 valence electrons. The molecule has 0 radical (unpaired) electrons. The van der Waals surface area contributed by atoms with E-state index in [0.29, 0.717) is 19.6 Å². The van der Waals surface area contributed by atoms with Gasteiger partial charge in [0.1, 0.15) is 11.6 Å². The number of piperazine rings is 1. The normalized spacial score (nSPS) is 20.3. The van der Waals surface area contributed by atoms with Gasteiger partial charge in [-0.1, -0.05) is 91.0 Å². The first-order valence-corrected chi connectivity index (χ1v) is 14.0. The molecule has 39 heavy (non-hydrogen) atoms. The molecule has 0 N–H and O–H groups in total. The number of hydrogen-bond acceptors (Lipinski definition) is 4. The highest BCUT2D eigenvalue weighted by Crippen LogP contribution is 2.36. The molecule has 3 aromatic carbocycles. The molecule has 2 aliphatic rings. The van der Waals surface area contributed by atoms with Crippen molar-refractivity contribution >= 4 is 12.0 Å². The lowest BCUT2D eigenvalue weighted by atomic mass is 9.90. The Balaban J connectivity index is 1.35. The Morgan fingerprint density at radius 2 is 1.26 bits per heavy atom. The van der Waals surface area contributed by atoms with Gasteiger partial charge in [-0.2, -0.15) is 0 Å². The number of likely N-dealkylation sites (tertiary alicyclic amines) is 1. The highest BCUT2D eigenvalue weighted by atomic mass is 16.6. The van der Waals surface area contributed by atoms with Crippen LogP contribution in [0.3, 0.4) is 0 Å². The third-order valence-electron chi connectivity index (χ3n) is 7.73. The summed E-state index contributed by atoms with van der Waals surface area (Å²) in [6.45, 7) is 8.86. The molecule has 2 amide bonds. The van der Waals surface area contributed by atoms with E-state index in [2.05, 4.69) is 65.6 Å². The Hall–Kier alpha value is -3.64. The first-order valence-electron chi connectivity index (χ1n) is 14.0. The van der Waals surface area contributed by atoms with E-state index in [0.717, 1.165) is 25.1 Å². The average molecular weight is 526 g/mol. The molecule has 6 nitrogen and oxygen atoms in total. The standard InChI is InChI=1S/C33H39N3O3/c1-33(2,3)39-32(38)36-20-19-28(25-13-7-4-8-14-25)30(36)31(37)35-23-21-34(22-24-35)29(26-15-9-5-10-16-26)27-17-11-6-12-18-27/h4-18,28-30H,19-24H2,1-3H3.